The van der Waals surface area contributed by atoms with Gasteiger partial charge in [-0.15, -0.1) is 0 Å². The van der Waals surface area contributed by atoms with Gasteiger partial charge in [0.25, 0.3) is 0 Å². The van der Waals surface area contributed by atoms with Crippen molar-refractivity contribution in [2.75, 3.05) is 13.2 Å². The summed E-state index contributed by atoms with van der Waals surface area (Å²) >= 11 is 11.9. The number of aryl methyl sites for hydroxylation is 1. The third-order valence-electron chi connectivity index (χ3n) is 9.16. The Labute approximate surface area is 255 Å². The van der Waals surface area contributed by atoms with E-state index in [-0.39, 0.29) is 35.6 Å². The first-order chi connectivity index (χ1) is 19.4. The molecule has 0 bridgehead atoms. The first kappa shape index (κ1) is 32.2. The average molecular weight is 619 g/mol. The Hall–Kier alpha value is -1.76. The van der Waals surface area contributed by atoms with Crippen LogP contribution in [-0.4, -0.2) is 24.2 Å². The SMILES string of the molecule is CCOP(=O)(OCC)C(NC(=S)NC(=O)[C@]1(C)CCC[C@]2(C)c3ccc(C(C)C)cc3CC[C@@H]12)c1cccc(Cl)c1. The molecule has 0 heterocycles. The van der Waals surface area contributed by atoms with Crippen LogP contribution >= 0.6 is 31.4 Å². The molecule has 0 aromatic heterocycles. The van der Waals surface area contributed by atoms with Gasteiger partial charge in [-0.05, 0) is 103 Å². The van der Waals surface area contributed by atoms with E-state index in [0.29, 0.717) is 16.5 Å². The molecule has 4 atom stereocenters. The minimum Gasteiger partial charge on any atom is -0.345 e. The molecule has 2 aliphatic carbocycles. The number of benzene rings is 2. The third-order valence-corrected chi connectivity index (χ3v) is 11.9. The van der Waals surface area contributed by atoms with Crippen LogP contribution in [0.2, 0.25) is 5.02 Å². The second-order valence-corrected chi connectivity index (χ2v) is 15.1. The van der Waals surface area contributed by atoms with Gasteiger partial charge in [-0.2, -0.15) is 0 Å². The van der Waals surface area contributed by atoms with Crippen molar-refractivity contribution in [2.24, 2.45) is 11.3 Å². The minimum absolute atomic E-state index is 0.0888. The van der Waals surface area contributed by atoms with Crippen LogP contribution in [0.3, 0.4) is 0 Å². The summed E-state index contributed by atoms with van der Waals surface area (Å²) in [6.45, 7) is 12.8. The first-order valence-electron chi connectivity index (χ1n) is 14.8. The fourth-order valence-electron chi connectivity index (χ4n) is 7.12. The molecule has 0 radical (unpaired) electrons. The van der Waals surface area contributed by atoms with E-state index in [9.17, 15) is 9.36 Å². The Kier molecular flexibility index (Phi) is 10.1. The topological polar surface area (TPSA) is 76.7 Å². The number of fused-ring (bicyclic) bond motifs is 3. The Morgan fingerprint density at radius 3 is 2.44 bits per heavy atom. The van der Waals surface area contributed by atoms with Crippen molar-refractivity contribution in [1.82, 2.24) is 10.6 Å². The lowest BCUT2D eigenvalue weighted by Crippen LogP contribution is -2.57. The second kappa shape index (κ2) is 12.9. The zero-order valence-corrected chi connectivity index (χ0v) is 27.6. The van der Waals surface area contributed by atoms with Gasteiger partial charge in [0.05, 0.1) is 18.6 Å². The molecule has 4 rings (SSSR count). The zero-order chi connectivity index (χ0) is 30.0. The van der Waals surface area contributed by atoms with E-state index in [4.69, 9.17) is 32.9 Å². The van der Waals surface area contributed by atoms with Gasteiger partial charge in [0.1, 0.15) is 0 Å². The van der Waals surface area contributed by atoms with Crippen molar-refractivity contribution in [3.63, 3.8) is 0 Å². The number of hydrogen-bond acceptors (Lipinski definition) is 5. The lowest BCUT2D eigenvalue weighted by atomic mass is 9.49. The van der Waals surface area contributed by atoms with E-state index in [2.05, 4.69) is 56.5 Å². The van der Waals surface area contributed by atoms with E-state index in [1.54, 1.807) is 38.1 Å². The highest BCUT2D eigenvalue weighted by atomic mass is 35.5. The van der Waals surface area contributed by atoms with Gasteiger partial charge >= 0.3 is 7.60 Å². The normalized spacial score (nSPS) is 24.7. The van der Waals surface area contributed by atoms with Gasteiger partial charge in [-0.3, -0.25) is 9.36 Å². The predicted molar refractivity (Wildman–Crippen MR) is 171 cm³/mol. The van der Waals surface area contributed by atoms with E-state index in [0.717, 1.165) is 32.1 Å². The minimum atomic E-state index is -3.71. The highest BCUT2D eigenvalue weighted by molar-refractivity contribution is 7.80. The first-order valence-corrected chi connectivity index (χ1v) is 17.2. The molecule has 9 heteroatoms. The molecule has 2 aromatic rings. The lowest BCUT2D eigenvalue weighted by Gasteiger charge is -2.54. The third kappa shape index (κ3) is 6.45. The van der Waals surface area contributed by atoms with Crippen LogP contribution in [-0.2, 0) is 30.2 Å². The number of rotatable bonds is 9. The summed E-state index contributed by atoms with van der Waals surface area (Å²) in [5.41, 5.74) is 4.06. The maximum absolute atomic E-state index is 14.1. The molecular weight excluding hydrogens is 575 g/mol. The molecule has 2 N–H and O–H groups in total. The molecule has 1 amide bonds. The molecule has 0 saturated heterocycles. The van der Waals surface area contributed by atoms with Crippen molar-refractivity contribution in [1.29, 1.82) is 0 Å². The largest absolute Gasteiger partial charge is 0.357 e. The van der Waals surface area contributed by atoms with Crippen LogP contribution in [0.15, 0.2) is 42.5 Å². The monoisotopic (exact) mass is 618 g/mol. The molecule has 1 unspecified atom stereocenters. The molecule has 41 heavy (non-hydrogen) atoms. The summed E-state index contributed by atoms with van der Waals surface area (Å²) < 4.78 is 25.2. The van der Waals surface area contributed by atoms with Gasteiger partial charge < -0.3 is 19.7 Å². The van der Waals surface area contributed by atoms with E-state index < -0.39 is 18.8 Å². The van der Waals surface area contributed by atoms with Crippen molar-refractivity contribution in [3.8, 4) is 0 Å². The van der Waals surface area contributed by atoms with Crippen molar-refractivity contribution >= 4 is 42.4 Å². The summed E-state index contributed by atoms with van der Waals surface area (Å²) in [5, 5.41) is 6.65. The lowest BCUT2D eigenvalue weighted by molar-refractivity contribution is -0.137. The number of halogens is 1. The number of thiocarbonyl (C=S) groups is 1. The second-order valence-electron chi connectivity index (χ2n) is 12.1. The average Bonchev–Trinajstić information content (AvgIpc) is 2.91. The van der Waals surface area contributed by atoms with E-state index >= 15 is 0 Å². The fourth-order valence-corrected chi connectivity index (χ4v) is 9.52. The molecule has 2 aromatic carbocycles. The molecule has 6 nitrogen and oxygen atoms in total. The van der Waals surface area contributed by atoms with Crippen LogP contribution in [0.4, 0.5) is 0 Å². The van der Waals surface area contributed by atoms with Crippen LogP contribution in [0.25, 0.3) is 0 Å². The Morgan fingerprint density at radius 1 is 1.10 bits per heavy atom. The number of nitrogens with one attached hydrogen (secondary N) is 2. The number of carbonyl (C=O) groups excluding carboxylic acids is 1. The molecule has 224 valence electrons. The van der Waals surface area contributed by atoms with Crippen LogP contribution in [0.5, 0.6) is 0 Å². The van der Waals surface area contributed by atoms with Gasteiger partial charge in [-0.25, -0.2) is 0 Å². The Morgan fingerprint density at radius 2 is 1.80 bits per heavy atom. The van der Waals surface area contributed by atoms with Crippen LogP contribution in [0.1, 0.15) is 101 Å². The summed E-state index contributed by atoms with van der Waals surface area (Å²) in [6, 6.07) is 13.9. The maximum atomic E-state index is 14.1. The van der Waals surface area contributed by atoms with E-state index in [1.165, 1.54) is 16.7 Å². The summed E-state index contributed by atoms with van der Waals surface area (Å²) in [4.78, 5) is 14.1. The van der Waals surface area contributed by atoms with Crippen molar-refractivity contribution in [3.05, 3.63) is 69.7 Å². The number of carbonyl (C=O) groups is 1. The van der Waals surface area contributed by atoms with Crippen LogP contribution < -0.4 is 10.6 Å². The predicted octanol–water partition coefficient (Wildman–Crippen LogP) is 8.43. The zero-order valence-electron chi connectivity index (χ0n) is 25.1. The van der Waals surface area contributed by atoms with Gasteiger partial charge in [0, 0.05) is 5.02 Å². The van der Waals surface area contributed by atoms with Gasteiger partial charge in [0.15, 0.2) is 10.9 Å². The van der Waals surface area contributed by atoms with Crippen molar-refractivity contribution in [2.45, 2.75) is 90.8 Å². The maximum Gasteiger partial charge on any atom is 0.357 e. The van der Waals surface area contributed by atoms with E-state index in [1.807, 2.05) is 0 Å². The van der Waals surface area contributed by atoms with Crippen LogP contribution in [0, 0.1) is 11.3 Å². The summed E-state index contributed by atoms with van der Waals surface area (Å²) in [7, 11) is -3.71. The van der Waals surface area contributed by atoms with Gasteiger partial charge in [0.2, 0.25) is 5.91 Å². The highest BCUT2D eigenvalue weighted by Crippen LogP contribution is 2.60. The standard InChI is InChI=1S/C32H44ClN2O4PS/c1-7-38-40(37,39-8-2)28(24-11-9-12-25(33)20-24)34-30(41)35-29(36)32(6)18-10-17-31(5)26-15-13-22(21(3)4)19-23(26)14-16-27(31)32/h9,11-13,15,19-21,27-28H,7-8,10,14,16-18H2,1-6H3,(H2,34,35,36,41)/t27-,28?,31-,32-/m1/s1. The van der Waals surface area contributed by atoms with Crippen molar-refractivity contribution < 1.29 is 18.4 Å². The van der Waals surface area contributed by atoms with Gasteiger partial charge in [-0.1, -0.05) is 76.0 Å². The highest BCUT2D eigenvalue weighted by Gasteiger charge is 2.55. The Bertz CT molecular complexity index is 1330. The fraction of sp³-hybridized carbons (Fsp3) is 0.562. The molecular formula is C32H44ClN2O4PS. The number of hydrogen-bond donors (Lipinski definition) is 2. The summed E-state index contributed by atoms with van der Waals surface area (Å²) in [6.07, 6.45) is 4.71. The summed E-state index contributed by atoms with van der Waals surface area (Å²) in [5.74, 6) is -0.389. The molecule has 0 spiro atoms. The number of amides is 1. The molecule has 1 saturated carbocycles. The Balaban J connectivity index is 1.58. The smallest absolute Gasteiger partial charge is 0.345 e. The molecule has 1 fully saturated rings. The molecule has 0 aliphatic heterocycles. The quantitative estimate of drug-likeness (QED) is 0.217. The molecule has 2 aliphatic rings.